The fourth-order valence-electron chi connectivity index (χ4n) is 3.53. The SMILES string of the molecule is COc1cc(Cl)c2c(c1O)CN1CCc3sccc3C1C2. The molecule has 3 heterocycles. The van der Waals surface area contributed by atoms with Crippen molar-refractivity contribution in [3.8, 4) is 11.5 Å². The zero-order chi connectivity index (χ0) is 14.6. The monoisotopic (exact) mass is 321 g/mol. The predicted molar refractivity (Wildman–Crippen MR) is 84.5 cm³/mol. The molecule has 0 saturated carbocycles. The molecule has 21 heavy (non-hydrogen) atoms. The van der Waals surface area contributed by atoms with Crippen LogP contribution in [0, 0.1) is 0 Å². The zero-order valence-corrected chi connectivity index (χ0v) is 13.3. The highest BCUT2D eigenvalue weighted by Crippen LogP contribution is 2.46. The number of phenolic OH excluding ortho intramolecular Hbond substituents is 1. The smallest absolute Gasteiger partial charge is 0.162 e. The van der Waals surface area contributed by atoms with Gasteiger partial charge in [-0.05, 0) is 35.4 Å². The van der Waals surface area contributed by atoms with E-state index in [2.05, 4.69) is 16.3 Å². The summed E-state index contributed by atoms with van der Waals surface area (Å²) in [5.74, 6) is 0.705. The van der Waals surface area contributed by atoms with Gasteiger partial charge in [0.2, 0.25) is 0 Å². The van der Waals surface area contributed by atoms with E-state index in [0.717, 1.165) is 37.1 Å². The normalized spacial score (nSPS) is 20.6. The molecule has 2 aliphatic rings. The van der Waals surface area contributed by atoms with Gasteiger partial charge in [-0.2, -0.15) is 0 Å². The van der Waals surface area contributed by atoms with Gasteiger partial charge in [-0.15, -0.1) is 11.3 Å². The summed E-state index contributed by atoms with van der Waals surface area (Å²) in [7, 11) is 1.56. The molecule has 0 saturated heterocycles. The van der Waals surface area contributed by atoms with Crippen molar-refractivity contribution in [1.29, 1.82) is 0 Å². The van der Waals surface area contributed by atoms with Gasteiger partial charge < -0.3 is 9.84 Å². The maximum atomic E-state index is 10.4. The largest absolute Gasteiger partial charge is 0.504 e. The first-order valence-corrected chi connectivity index (χ1v) is 8.32. The Morgan fingerprint density at radius 1 is 1.43 bits per heavy atom. The van der Waals surface area contributed by atoms with Gasteiger partial charge in [-0.3, -0.25) is 4.90 Å². The number of benzene rings is 1. The number of halogens is 1. The third-order valence-electron chi connectivity index (χ3n) is 4.61. The van der Waals surface area contributed by atoms with Crippen molar-refractivity contribution in [3.05, 3.63) is 44.1 Å². The summed E-state index contributed by atoms with van der Waals surface area (Å²) in [6, 6.07) is 4.35. The van der Waals surface area contributed by atoms with E-state index in [1.807, 2.05) is 11.3 Å². The van der Waals surface area contributed by atoms with Crippen molar-refractivity contribution < 1.29 is 9.84 Å². The minimum atomic E-state index is 0.242. The summed E-state index contributed by atoms with van der Waals surface area (Å²) >= 11 is 8.27. The Morgan fingerprint density at radius 3 is 3.10 bits per heavy atom. The van der Waals surface area contributed by atoms with E-state index in [-0.39, 0.29) is 5.75 Å². The van der Waals surface area contributed by atoms with Gasteiger partial charge in [0.25, 0.3) is 0 Å². The minimum absolute atomic E-state index is 0.242. The Balaban J connectivity index is 1.82. The zero-order valence-electron chi connectivity index (χ0n) is 11.7. The molecule has 1 aromatic carbocycles. The van der Waals surface area contributed by atoms with E-state index in [4.69, 9.17) is 16.3 Å². The van der Waals surface area contributed by atoms with Crippen molar-refractivity contribution in [2.24, 2.45) is 0 Å². The van der Waals surface area contributed by atoms with Gasteiger partial charge in [0.15, 0.2) is 11.5 Å². The van der Waals surface area contributed by atoms with Gasteiger partial charge >= 0.3 is 0 Å². The molecule has 1 aromatic heterocycles. The lowest BCUT2D eigenvalue weighted by atomic mass is 9.86. The first kappa shape index (κ1) is 13.4. The van der Waals surface area contributed by atoms with Crippen LogP contribution in [0.3, 0.4) is 0 Å². The Bertz CT molecular complexity index is 713. The average Bonchev–Trinajstić information content (AvgIpc) is 2.98. The molecule has 110 valence electrons. The third kappa shape index (κ3) is 1.97. The Hall–Kier alpha value is -1.23. The fraction of sp³-hybridized carbons (Fsp3) is 0.375. The standard InChI is InChI=1S/C16H16ClNO2S/c1-20-14-7-12(17)10-6-13-9-3-5-21-15(9)2-4-18(13)8-11(10)16(14)19/h3,5,7,13,19H,2,4,6,8H2,1H3. The average molecular weight is 322 g/mol. The van der Waals surface area contributed by atoms with E-state index in [9.17, 15) is 5.11 Å². The van der Waals surface area contributed by atoms with Crippen LogP contribution < -0.4 is 4.74 Å². The first-order chi connectivity index (χ1) is 10.2. The number of thiophene rings is 1. The van der Waals surface area contributed by atoms with Gasteiger partial charge in [0.05, 0.1) is 7.11 Å². The molecule has 2 aliphatic heterocycles. The summed E-state index contributed by atoms with van der Waals surface area (Å²) in [4.78, 5) is 3.93. The number of ether oxygens (including phenoxy) is 1. The van der Waals surface area contributed by atoms with Gasteiger partial charge in [0, 0.05) is 40.7 Å². The van der Waals surface area contributed by atoms with Crippen LogP contribution in [-0.2, 0) is 19.4 Å². The van der Waals surface area contributed by atoms with Crippen molar-refractivity contribution >= 4 is 22.9 Å². The molecule has 4 rings (SSSR count). The summed E-state index contributed by atoms with van der Waals surface area (Å²) in [6.07, 6.45) is 1.95. The van der Waals surface area contributed by atoms with Crippen LogP contribution in [0.5, 0.6) is 11.5 Å². The topological polar surface area (TPSA) is 32.7 Å². The number of methoxy groups -OCH3 is 1. The molecule has 3 nitrogen and oxygen atoms in total. The lowest BCUT2D eigenvalue weighted by molar-refractivity contribution is 0.159. The van der Waals surface area contributed by atoms with Crippen LogP contribution >= 0.6 is 22.9 Å². The second-order valence-electron chi connectivity index (χ2n) is 5.61. The molecule has 0 radical (unpaired) electrons. The predicted octanol–water partition coefficient (Wildman–Crippen LogP) is 3.77. The van der Waals surface area contributed by atoms with E-state index >= 15 is 0 Å². The first-order valence-electron chi connectivity index (χ1n) is 7.06. The van der Waals surface area contributed by atoms with Crippen LogP contribution in [0.25, 0.3) is 0 Å². The fourth-order valence-corrected chi connectivity index (χ4v) is 4.74. The molecule has 5 heteroatoms. The third-order valence-corrected chi connectivity index (χ3v) is 5.95. The van der Waals surface area contributed by atoms with Gasteiger partial charge in [-0.1, -0.05) is 11.6 Å². The van der Waals surface area contributed by atoms with Gasteiger partial charge in [-0.25, -0.2) is 0 Å². The lowest BCUT2D eigenvalue weighted by Gasteiger charge is -2.40. The second kappa shape index (κ2) is 4.90. The van der Waals surface area contributed by atoms with Crippen molar-refractivity contribution in [3.63, 3.8) is 0 Å². The molecule has 1 N–H and O–H groups in total. The highest BCUT2D eigenvalue weighted by molar-refractivity contribution is 7.10. The Kier molecular flexibility index (Phi) is 3.14. The summed E-state index contributed by atoms with van der Waals surface area (Å²) in [5.41, 5.74) is 3.42. The van der Waals surface area contributed by atoms with Crippen LogP contribution in [0.1, 0.15) is 27.6 Å². The highest BCUT2D eigenvalue weighted by atomic mass is 35.5. The number of hydrogen-bond donors (Lipinski definition) is 1. The van der Waals surface area contributed by atoms with Gasteiger partial charge in [0.1, 0.15) is 0 Å². The second-order valence-corrected chi connectivity index (χ2v) is 7.01. The molecule has 0 bridgehead atoms. The van der Waals surface area contributed by atoms with Crippen molar-refractivity contribution in [1.82, 2.24) is 4.90 Å². The van der Waals surface area contributed by atoms with Crippen LogP contribution in [-0.4, -0.2) is 23.7 Å². The molecule has 1 atom stereocenters. The molecule has 0 amide bonds. The molecular weight excluding hydrogens is 306 g/mol. The maximum Gasteiger partial charge on any atom is 0.162 e. The van der Waals surface area contributed by atoms with Crippen LogP contribution in [0.15, 0.2) is 17.5 Å². The summed E-state index contributed by atoms with van der Waals surface area (Å²) < 4.78 is 5.22. The number of fused-ring (bicyclic) bond motifs is 4. The molecular formula is C16H16ClNO2S. The number of nitrogens with zero attached hydrogens (tertiary/aromatic N) is 1. The van der Waals surface area contributed by atoms with Crippen molar-refractivity contribution in [2.45, 2.75) is 25.4 Å². The van der Waals surface area contributed by atoms with E-state index in [1.54, 1.807) is 13.2 Å². The Morgan fingerprint density at radius 2 is 2.29 bits per heavy atom. The maximum absolute atomic E-state index is 10.4. The molecule has 0 fully saturated rings. The van der Waals surface area contributed by atoms with Crippen LogP contribution in [0.2, 0.25) is 5.02 Å². The van der Waals surface area contributed by atoms with E-state index in [0.29, 0.717) is 16.8 Å². The highest BCUT2D eigenvalue weighted by Gasteiger charge is 2.35. The van der Waals surface area contributed by atoms with E-state index in [1.165, 1.54) is 10.4 Å². The van der Waals surface area contributed by atoms with Crippen LogP contribution in [0.4, 0.5) is 0 Å². The minimum Gasteiger partial charge on any atom is -0.504 e. The molecule has 2 aromatic rings. The summed E-state index contributed by atoms with van der Waals surface area (Å²) in [6.45, 7) is 1.77. The molecule has 1 unspecified atom stereocenters. The quantitative estimate of drug-likeness (QED) is 0.868. The molecule has 0 spiro atoms. The molecule has 0 aliphatic carbocycles. The number of aromatic hydroxyl groups is 1. The Labute approximate surface area is 132 Å². The number of hydrogen-bond acceptors (Lipinski definition) is 4. The number of phenols is 1. The van der Waals surface area contributed by atoms with E-state index < -0.39 is 0 Å². The van der Waals surface area contributed by atoms with Crippen molar-refractivity contribution in [2.75, 3.05) is 13.7 Å². The lowest BCUT2D eigenvalue weighted by Crippen LogP contribution is -2.38. The summed E-state index contributed by atoms with van der Waals surface area (Å²) in [5, 5.41) is 13.3. The number of rotatable bonds is 1.